The molecule has 101 heavy (non-hydrogen) atoms. The van der Waals surface area contributed by atoms with Crippen molar-refractivity contribution in [2.45, 2.75) is 122 Å². The molecule has 17 rings (SSSR count). The molecule has 0 unspecified atom stereocenters. The Balaban J connectivity index is 0.000000121. The lowest BCUT2D eigenvalue weighted by atomic mass is 9.85. The number of rotatable bonds is 6. The maximum atomic E-state index is 8.85. The zero-order valence-electron chi connectivity index (χ0n) is 66.6. The first-order chi connectivity index (χ1) is 50.4. The van der Waals surface area contributed by atoms with Gasteiger partial charge >= 0.3 is 0 Å². The van der Waals surface area contributed by atoms with Crippen LogP contribution in [0.3, 0.4) is 0 Å². The van der Waals surface area contributed by atoms with E-state index in [2.05, 4.69) is 259 Å². The lowest BCUT2D eigenvalue weighted by Crippen LogP contribution is -2.32. The van der Waals surface area contributed by atoms with Crippen LogP contribution in [0.4, 0.5) is 0 Å². The highest BCUT2D eigenvalue weighted by molar-refractivity contribution is 5.94. The van der Waals surface area contributed by atoms with Crippen LogP contribution >= 0.6 is 0 Å². The van der Waals surface area contributed by atoms with Crippen molar-refractivity contribution in [2.24, 2.45) is 33.6 Å². The van der Waals surface area contributed by atoms with Gasteiger partial charge in [0.2, 0.25) is 22.8 Å². The van der Waals surface area contributed by atoms with Crippen molar-refractivity contribution in [3.8, 4) is 101 Å². The molecule has 7 aromatic heterocycles. The van der Waals surface area contributed by atoms with Gasteiger partial charge in [0.25, 0.3) is 0 Å². The van der Waals surface area contributed by atoms with E-state index < -0.39 is 18.6 Å². The normalized spacial score (nSPS) is 13.3. The van der Waals surface area contributed by atoms with Crippen LogP contribution in [0.2, 0.25) is 0 Å². The Labute approximate surface area is 606 Å². The first-order valence-electron chi connectivity index (χ1n) is 38.0. The van der Waals surface area contributed by atoms with E-state index in [0.29, 0.717) is 5.56 Å². The van der Waals surface area contributed by atoms with E-state index in [1.54, 1.807) is 12.3 Å². The summed E-state index contributed by atoms with van der Waals surface area (Å²) in [5.74, 6) is 0. The Morgan fingerprint density at radius 3 is 1.37 bits per heavy atom. The van der Waals surface area contributed by atoms with Crippen LogP contribution in [0, 0.1) is 74.6 Å². The predicted molar refractivity (Wildman–Crippen MR) is 415 cm³/mol. The third-order valence-electron chi connectivity index (χ3n) is 21.1. The van der Waals surface area contributed by atoms with Crippen LogP contribution in [0.15, 0.2) is 207 Å². The van der Waals surface area contributed by atoms with E-state index in [-0.39, 0.29) is 0 Å². The van der Waals surface area contributed by atoms with Crippen LogP contribution in [0.25, 0.3) is 101 Å². The highest BCUT2D eigenvalue weighted by Gasteiger charge is 2.31. The molecular weight excluding hydrogens is 1230 g/mol. The molecule has 7 heterocycles. The summed E-state index contributed by atoms with van der Waals surface area (Å²) in [6.45, 7) is 23.0. The van der Waals surface area contributed by atoms with Crippen molar-refractivity contribution < 1.29 is 25.1 Å². The Kier molecular flexibility index (Phi) is 16.5. The number of fused-ring (bicyclic) bond motifs is 12. The monoisotopic (exact) mass is 1330 g/mol. The topological polar surface area (TPSA) is 54.2 Å². The highest BCUT2D eigenvalue weighted by atomic mass is 14.9. The lowest BCUT2D eigenvalue weighted by molar-refractivity contribution is -0.661. The molecule has 0 N–H and O–H groups in total. The minimum atomic E-state index is -2.09. The van der Waals surface area contributed by atoms with Gasteiger partial charge in [0.05, 0.1) is 17.1 Å². The number of hydrogen-bond acceptors (Lipinski definition) is 3. The van der Waals surface area contributed by atoms with Crippen molar-refractivity contribution in [1.82, 2.24) is 15.0 Å². The highest BCUT2D eigenvalue weighted by Crippen LogP contribution is 2.48. The molecule has 4 aliphatic rings. The van der Waals surface area contributed by atoms with Crippen molar-refractivity contribution >= 4 is 0 Å². The Morgan fingerprint density at radius 2 is 0.832 bits per heavy atom. The summed E-state index contributed by atoms with van der Waals surface area (Å²) in [6, 6.07) is 64.5. The van der Waals surface area contributed by atoms with Gasteiger partial charge in [-0.2, -0.15) is 0 Å². The number of hydrogen-bond donors (Lipinski definition) is 0. The van der Waals surface area contributed by atoms with Crippen molar-refractivity contribution in [2.75, 3.05) is 0 Å². The fraction of sp³-hybridized carbons (Fsp3) is 0.245. The molecule has 0 atom stereocenters. The van der Waals surface area contributed by atoms with Gasteiger partial charge in [0.1, 0.15) is 28.2 Å². The van der Waals surface area contributed by atoms with Gasteiger partial charge < -0.3 is 0 Å². The summed E-state index contributed by atoms with van der Waals surface area (Å²) in [4.78, 5) is 14.2. The number of nitrogens with zero attached hydrogens (tertiary/aromatic N) is 7. The van der Waals surface area contributed by atoms with E-state index in [4.69, 9.17) is 21.8 Å². The van der Waals surface area contributed by atoms with Crippen LogP contribution in [-0.2, 0) is 60.2 Å². The molecule has 7 heteroatoms. The van der Waals surface area contributed by atoms with Crippen molar-refractivity contribution in [3.63, 3.8) is 0 Å². The van der Waals surface area contributed by atoms with Crippen LogP contribution in [0.1, 0.15) is 134 Å². The summed E-state index contributed by atoms with van der Waals surface area (Å²) >= 11 is 0. The van der Waals surface area contributed by atoms with Crippen molar-refractivity contribution in [3.05, 3.63) is 313 Å². The minimum absolute atomic E-state index is 0.356. The molecule has 7 nitrogen and oxygen atoms in total. The van der Waals surface area contributed by atoms with Crippen LogP contribution in [-0.4, -0.2) is 15.0 Å². The summed E-state index contributed by atoms with van der Waals surface area (Å²) in [7, 11) is 8.15. The minimum Gasteiger partial charge on any atom is -0.257 e. The zero-order valence-corrected chi connectivity index (χ0v) is 61.6. The fourth-order valence-electron chi connectivity index (χ4n) is 15.8. The SMILES string of the molecule is Cc1cc[n+](C)c(-c2ccc3c(c2C)Cc2nc(C)ccc2-3)c1.Cc1ccc2c(n1)Cc1c-2ccc(-c2cccc[n+]2C)c1C.[2H]C([2H])([2H])c1ccc(-c2ccc3c(c2C)Cc2nc(C)ccc2-3)[n+](C)c1.[2H]C([2H])(c1c[n+](C)c(-c2cc(-c3ccccc3)c3c(c2C)Cc2ccccc2-3)cc1C)C(C)(C)C. The van der Waals surface area contributed by atoms with Gasteiger partial charge in [-0.3, -0.25) is 15.0 Å². The zero-order chi connectivity index (χ0) is 75.2. The van der Waals surface area contributed by atoms with E-state index >= 15 is 0 Å². The molecule has 4 aliphatic carbocycles. The fourth-order valence-corrected chi connectivity index (χ4v) is 15.8. The maximum Gasteiger partial charge on any atom is 0.212 e. The van der Waals surface area contributed by atoms with E-state index in [9.17, 15) is 0 Å². The first kappa shape index (κ1) is 61.5. The Hall–Kier alpha value is -10.6. The second-order valence-electron chi connectivity index (χ2n) is 29.4. The summed E-state index contributed by atoms with van der Waals surface area (Å²) in [5, 5.41) is 0. The van der Waals surface area contributed by atoms with Crippen LogP contribution in [0.5, 0.6) is 0 Å². The number of pyridine rings is 7. The molecule has 0 spiro atoms. The predicted octanol–water partition coefficient (Wildman–Crippen LogP) is 19.5. The third-order valence-corrected chi connectivity index (χ3v) is 21.1. The van der Waals surface area contributed by atoms with Gasteiger partial charge in [-0.05, 0) is 242 Å². The van der Waals surface area contributed by atoms with Crippen molar-refractivity contribution in [1.29, 1.82) is 0 Å². The lowest BCUT2D eigenvalue weighted by Gasteiger charge is -2.20. The second-order valence-corrected chi connectivity index (χ2v) is 29.4. The van der Waals surface area contributed by atoms with Gasteiger partial charge in [-0.25, -0.2) is 18.3 Å². The van der Waals surface area contributed by atoms with E-state index in [1.165, 1.54) is 151 Å². The second kappa shape index (κ2) is 27.1. The van der Waals surface area contributed by atoms with Gasteiger partial charge in [-0.15, -0.1) is 0 Å². The average molecular weight is 1330 g/mol. The van der Waals surface area contributed by atoms with Gasteiger partial charge in [0.15, 0.2) is 24.8 Å². The molecule has 0 aliphatic heterocycles. The smallest absolute Gasteiger partial charge is 0.212 e. The molecular formula is C94H95N7+4. The Morgan fingerprint density at radius 1 is 0.366 bits per heavy atom. The van der Waals surface area contributed by atoms with Gasteiger partial charge in [-0.1, -0.05) is 112 Å². The average Bonchev–Trinajstić information content (AvgIpc) is 1.53. The Bertz CT molecular complexity index is 5700. The molecule has 0 radical (unpaired) electrons. The van der Waals surface area contributed by atoms with E-state index in [0.717, 1.165) is 76.5 Å². The number of benzene rings is 6. The molecule has 0 bridgehead atoms. The molecule has 0 saturated heterocycles. The molecule has 0 amide bonds. The van der Waals surface area contributed by atoms with Crippen LogP contribution < -0.4 is 18.3 Å². The summed E-state index contributed by atoms with van der Waals surface area (Å²) < 4.78 is 48.9. The summed E-state index contributed by atoms with van der Waals surface area (Å²) in [6.07, 6.45) is 10.2. The molecule has 13 aromatic rings. The quantitative estimate of drug-likeness (QED) is 0.156. The summed E-state index contributed by atoms with van der Waals surface area (Å²) in [5.41, 5.74) is 44.5. The van der Waals surface area contributed by atoms with E-state index in [1.807, 2.05) is 65.5 Å². The van der Waals surface area contributed by atoms with Gasteiger partial charge in [0, 0.05) is 130 Å². The number of aromatic nitrogens is 7. The largest absolute Gasteiger partial charge is 0.257 e. The molecule has 0 fully saturated rings. The molecule has 0 saturated carbocycles. The molecule has 6 aromatic carbocycles. The first-order valence-corrected chi connectivity index (χ1v) is 35.5. The maximum absolute atomic E-state index is 8.85. The third kappa shape index (κ3) is 13.1. The molecule has 502 valence electrons. The standard InChI is InChI=1S/C32H34N.2C21H21N2.C20H19N2/c1-21-16-30(33(6)20-25(21)19-32(3,4)5)27-18-29(23-12-8-7-9-13-23)31-26-15-11-10-14-24(26)17-28(31)22(27)2;1-13-5-10-21(23(4)12-13)16-8-9-17-18-7-6-14(2)22-20(18)11-19(17)15(16)3;1-13-9-10-23(4)21(11-13)16-7-8-17-18-6-5-14(2)22-20(18)12-19(17)15(16)3;1-13-7-8-17-16-10-9-15(20-6-4-5-11-22(20)3)14(2)18(16)12-19(17)21-13/h7-16,18,20H,17,19H2,1-6H3;5-10,12H,11H2,1-4H3;5-11H,12H2,1-4H3;4-11H,12H2,1-3H3/q4*+1/i19D2;1D3;;. The number of aryl methyl sites for hydroxylation is 10.